The van der Waals surface area contributed by atoms with E-state index in [-0.39, 0.29) is 0 Å². The average molecular weight is 199 g/mol. The van der Waals surface area contributed by atoms with Gasteiger partial charge in [0.2, 0.25) is 0 Å². The van der Waals surface area contributed by atoms with Gasteiger partial charge in [-0.3, -0.25) is 15.3 Å². The quantitative estimate of drug-likeness (QED) is 0.495. The summed E-state index contributed by atoms with van der Waals surface area (Å²) in [6.07, 6.45) is 6.87. The number of hydrogen-bond donors (Lipinski definition) is 1. The molecule has 0 atom stereocenters. The van der Waals surface area contributed by atoms with Crippen LogP contribution in [-0.4, -0.2) is 18.4 Å². The lowest BCUT2D eigenvalue weighted by molar-refractivity contribution is -0.137. The highest BCUT2D eigenvalue weighted by atomic mass is 16.2. The summed E-state index contributed by atoms with van der Waals surface area (Å²) in [5.74, 6) is -1.95. The smallest absolute Gasteiger partial charge is 0.327 e. The van der Waals surface area contributed by atoms with Gasteiger partial charge in [-0.1, -0.05) is 39.0 Å². The van der Waals surface area contributed by atoms with Gasteiger partial charge in [-0.2, -0.15) is 0 Å². The van der Waals surface area contributed by atoms with Crippen molar-refractivity contribution in [2.24, 2.45) is 0 Å². The first-order valence-corrected chi connectivity index (χ1v) is 5.22. The Kier molecular flexibility index (Phi) is 7.89. The van der Waals surface area contributed by atoms with Gasteiger partial charge in [0, 0.05) is 6.54 Å². The minimum Gasteiger partial charge on any atom is -0.348 e. The van der Waals surface area contributed by atoms with Crippen LogP contribution in [0.25, 0.3) is 0 Å². The maximum atomic E-state index is 10.6. The van der Waals surface area contributed by atoms with Crippen LogP contribution in [0.3, 0.4) is 0 Å². The van der Waals surface area contributed by atoms with Crippen molar-refractivity contribution in [3.63, 3.8) is 0 Å². The highest BCUT2D eigenvalue weighted by molar-refractivity contribution is 6.34. The van der Waals surface area contributed by atoms with Gasteiger partial charge in [0.05, 0.1) is 0 Å². The lowest BCUT2D eigenvalue weighted by Gasteiger charge is -2.01. The first-order chi connectivity index (χ1) is 6.68. The molecule has 0 heterocycles. The topological polar surface area (TPSA) is 70.0 Å². The third-order valence-electron chi connectivity index (χ3n) is 2.02. The first kappa shape index (κ1) is 12.9. The molecular weight excluding hydrogens is 180 g/mol. The first-order valence-electron chi connectivity index (χ1n) is 5.22. The van der Waals surface area contributed by atoms with Gasteiger partial charge in [-0.15, -0.1) is 0 Å². The van der Waals surface area contributed by atoms with Crippen LogP contribution in [0.1, 0.15) is 45.4 Å². The third-order valence-corrected chi connectivity index (χ3v) is 2.02. The Bertz CT molecular complexity index is 181. The van der Waals surface area contributed by atoms with Crippen molar-refractivity contribution in [3.8, 4) is 0 Å². The van der Waals surface area contributed by atoms with Gasteiger partial charge in [-0.25, -0.2) is 0 Å². The zero-order valence-electron chi connectivity index (χ0n) is 8.77. The Morgan fingerprint density at radius 3 is 2.21 bits per heavy atom. The molecule has 1 radical (unpaired) electrons. The standard InChI is InChI=1S/C10H19N2O2/c1-2-3-4-5-6-7-8-12-10(14)9(11)13/h11H,2-8H2,1H3,(H,12,14). The molecule has 0 saturated heterocycles. The maximum Gasteiger partial charge on any atom is 0.327 e. The van der Waals surface area contributed by atoms with E-state index in [1.54, 1.807) is 0 Å². The Labute approximate surface area is 85.2 Å². The summed E-state index contributed by atoms with van der Waals surface area (Å²) in [6.45, 7) is 2.68. The molecule has 0 aliphatic rings. The van der Waals surface area contributed by atoms with E-state index >= 15 is 0 Å². The molecule has 14 heavy (non-hydrogen) atoms. The summed E-state index contributed by atoms with van der Waals surface area (Å²) >= 11 is 0. The molecule has 0 aromatic heterocycles. The van der Waals surface area contributed by atoms with E-state index in [2.05, 4.69) is 12.2 Å². The normalized spacial score (nSPS) is 9.79. The Balaban J connectivity index is 3.13. The second kappa shape index (κ2) is 8.53. The fraction of sp³-hybridized carbons (Fsp3) is 0.800. The molecule has 0 fully saturated rings. The molecule has 2 N–H and O–H groups in total. The highest BCUT2D eigenvalue weighted by Crippen LogP contribution is 2.03. The Morgan fingerprint density at radius 2 is 1.64 bits per heavy atom. The lowest BCUT2D eigenvalue weighted by Crippen LogP contribution is -2.32. The molecule has 81 valence electrons. The van der Waals surface area contributed by atoms with Crippen LogP contribution >= 0.6 is 0 Å². The van der Waals surface area contributed by atoms with Crippen molar-refractivity contribution in [3.05, 3.63) is 0 Å². The van der Waals surface area contributed by atoms with Gasteiger partial charge < -0.3 is 5.32 Å². The molecule has 2 amide bonds. The summed E-state index contributed by atoms with van der Waals surface area (Å²) in [7, 11) is 0. The molecule has 0 aliphatic carbocycles. The number of nitrogens with one attached hydrogen (secondary N) is 2. The lowest BCUT2D eigenvalue weighted by atomic mass is 10.1. The SMILES string of the molecule is CCCCCCCCNC(=O)C([NH])=O. The van der Waals surface area contributed by atoms with Crippen molar-refractivity contribution in [2.75, 3.05) is 6.54 Å². The molecule has 0 saturated carbocycles. The predicted octanol–water partition coefficient (Wildman–Crippen LogP) is 1.27. The second-order valence-electron chi connectivity index (χ2n) is 3.35. The van der Waals surface area contributed by atoms with Gasteiger partial charge in [-0.05, 0) is 6.42 Å². The molecule has 0 rings (SSSR count). The van der Waals surface area contributed by atoms with E-state index in [0.717, 1.165) is 12.8 Å². The van der Waals surface area contributed by atoms with Gasteiger partial charge >= 0.3 is 11.8 Å². The van der Waals surface area contributed by atoms with Crippen molar-refractivity contribution < 1.29 is 9.59 Å². The third kappa shape index (κ3) is 7.58. The van der Waals surface area contributed by atoms with Crippen LogP contribution in [0.4, 0.5) is 0 Å². The van der Waals surface area contributed by atoms with E-state index in [0.29, 0.717) is 6.54 Å². The van der Waals surface area contributed by atoms with Crippen LogP contribution in [-0.2, 0) is 9.59 Å². The summed E-state index contributed by atoms with van der Waals surface area (Å²) < 4.78 is 0. The zero-order valence-corrected chi connectivity index (χ0v) is 8.77. The van der Waals surface area contributed by atoms with Crippen LogP contribution in [0, 0.1) is 0 Å². The van der Waals surface area contributed by atoms with E-state index < -0.39 is 11.8 Å². The van der Waals surface area contributed by atoms with Crippen molar-refractivity contribution in [1.82, 2.24) is 11.1 Å². The van der Waals surface area contributed by atoms with Crippen molar-refractivity contribution >= 4 is 11.8 Å². The number of unbranched alkanes of at least 4 members (excludes halogenated alkanes) is 5. The number of amides is 2. The van der Waals surface area contributed by atoms with Crippen molar-refractivity contribution in [1.29, 1.82) is 0 Å². The fourth-order valence-electron chi connectivity index (χ4n) is 1.19. The maximum absolute atomic E-state index is 10.6. The largest absolute Gasteiger partial charge is 0.348 e. The number of carbonyl (C=O) groups excluding carboxylic acids is 2. The highest BCUT2D eigenvalue weighted by Gasteiger charge is 2.06. The Hall–Kier alpha value is -1.06. The molecule has 0 unspecified atom stereocenters. The van der Waals surface area contributed by atoms with Gasteiger partial charge in [0.1, 0.15) is 0 Å². The van der Waals surface area contributed by atoms with Crippen LogP contribution < -0.4 is 11.1 Å². The molecule has 0 aromatic rings. The summed E-state index contributed by atoms with van der Waals surface area (Å²) in [5.41, 5.74) is 6.50. The summed E-state index contributed by atoms with van der Waals surface area (Å²) in [5, 5.41) is 2.40. The van der Waals surface area contributed by atoms with Gasteiger partial charge in [0.15, 0.2) is 0 Å². The summed E-state index contributed by atoms with van der Waals surface area (Å²) in [4.78, 5) is 20.8. The molecule has 0 aromatic carbocycles. The molecule has 4 nitrogen and oxygen atoms in total. The number of carbonyl (C=O) groups is 2. The van der Waals surface area contributed by atoms with Crippen LogP contribution in [0.2, 0.25) is 0 Å². The molecular formula is C10H19N2O2. The molecule has 0 spiro atoms. The van der Waals surface area contributed by atoms with Crippen LogP contribution in [0.5, 0.6) is 0 Å². The average Bonchev–Trinajstić information content (AvgIpc) is 2.16. The predicted molar refractivity (Wildman–Crippen MR) is 54.5 cm³/mol. The van der Waals surface area contributed by atoms with Gasteiger partial charge in [0.25, 0.3) is 0 Å². The molecule has 0 bridgehead atoms. The molecule has 4 heteroatoms. The monoisotopic (exact) mass is 199 g/mol. The van der Waals surface area contributed by atoms with E-state index in [1.165, 1.54) is 25.7 Å². The fourth-order valence-corrected chi connectivity index (χ4v) is 1.19. The minimum absolute atomic E-state index is 0.510. The molecule has 0 aliphatic heterocycles. The van der Waals surface area contributed by atoms with E-state index in [9.17, 15) is 9.59 Å². The number of hydrogen-bond acceptors (Lipinski definition) is 2. The van der Waals surface area contributed by atoms with Crippen molar-refractivity contribution in [2.45, 2.75) is 45.4 Å². The minimum atomic E-state index is -1.16. The van der Waals surface area contributed by atoms with E-state index in [4.69, 9.17) is 5.73 Å². The Morgan fingerprint density at radius 1 is 1.07 bits per heavy atom. The second-order valence-corrected chi connectivity index (χ2v) is 3.35. The zero-order chi connectivity index (χ0) is 10.8. The number of rotatable bonds is 7. The summed E-state index contributed by atoms with van der Waals surface area (Å²) in [6, 6.07) is 0. The van der Waals surface area contributed by atoms with E-state index in [1.807, 2.05) is 0 Å². The van der Waals surface area contributed by atoms with Crippen LogP contribution in [0.15, 0.2) is 0 Å².